The van der Waals surface area contributed by atoms with Gasteiger partial charge in [-0.25, -0.2) is 18.2 Å². The molecule has 1 aromatic heterocycles. The van der Waals surface area contributed by atoms with E-state index in [0.717, 1.165) is 31.5 Å². The van der Waals surface area contributed by atoms with Gasteiger partial charge in [0.25, 0.3) is 0 Å². The molecule has 1 aliphatic heterocycles. The van der Waals surface area contributed by atoms with Gasteiger partial charge in [0.05, 0.1) is 16.2 Å². The highest BCUT2D eigenvalue weighted by Gasteiger charge is 2.41. The third kappa shape index (κ3) is 5.70. The zero-order valence-electron chi connectivity index (χ0n) is 18.7. The minimum absolute atomic E-state index is 0.244. The largest absolute Gasteiger partial charge is 0.380 e. The Bertz CT molecular complexity index is 1030. The van der Waals surface area contributed by atoms with Gasteiger partial charge in [-0.2, -0.15) is 0 Å². The van der Waals surface area contributed by atoms with Crippen LogP contribution in [0.1, 0.15) is 31.2 Å². The van der Waals surface area contributed by atoms with E-state index in [9.17, 15) is 13.2 Å². The van der Waals surface area contributed by atoms with E-state index in [1.165, 1.54) is 0 Å². The molecule has 1 aromatic carbocycles. The van der Waals surface area contributed by atoms with Crippen LogP contribution >= 0.6 is 0 Å². The minimum Gasteiger partial charge on any atom is -0.380 e. The number of hydrogen-bond acceptors (Lipinski definition) is 7. The van der Waals surface area contributed by atoms with Crippen molar-refractivity contribution in [3.63, 3.8) is 0 Å². The summed E-state index contributed by atoms with van der Waals surface area (Å²) in [5.41, 5.74) is 4.79. The smallest absolute Gasteiger partial charge is 0.319 e. The summed E-state index contributed by atoms with van der Waals surface area (Å²) in [4.78, 5) is 16.4. The second-order valence-corrected chi connectivity index (χ2v) is 10.6. The van der Waals surface area contributed by atoms with Crippen LogP contribution in [-0.4, -0.2) is 62.0 Å². The van der Waals surface area contributed by atoms with Crippen molar-refractivity contribution in [2.24, 2.45) is 0 Å². The Hall–Kier alpha value is -2.53. The highest BCUT2D eigenvalue weighted by atomic mass is 32.2. The average molecular weight is 474 g/mol. The maximum Gasteiger partial charge on any atom is 0.319 e. The number of benzene rings is 1. The molecule has 2 fully saturated rings. The number of rotatable bonds is 7. The second kappa shape index (κ2) is 10.6. The van der Waals surface area contributed by atoms with Crippen molar-refractivity contribution in [1.29, 1.82) is 0 Å². The van der Waals surface area contributed by atoms with Crippen molar-refractivity contribution in [1.82, 2.24) is 20.7 Å². The third-order valence-electron chi connectivity index (χ3n) is 6.35. The first kappa shape index (κ1) is 23.6. The number of hydrazine groups is 1. The van der Waals surface area contributed by atoms with Gasteiger partial charge in [-0.05, 0) is 61.6 Å². The van der Waals surface area contributed by atoms with Crippen molar-refractivity contribution < 1.29 is 17.9 Å². The number of nitrogens with zero attached hydrogens (tertiary/aromatic N) is 2. The Labute approximate surface area is 194 Å². The van der Waals surface area contributed by atoms with Gasteiger partial charge in [0.1, 0.15) is 0 Å². The van der Waals surface area contributed by atoms with Gasteiger partial charge >= 0.3 is 6.03 Å². The van der Waals surface area contributed by atoms with Crippen molar-refractivity contribution in [3.8, 4) is 0 Å². The lowest BCUT2D eigenvalue weighted by molar-refractivity contribution is 0.0246. The predicted molar refractivity (Wildman–Crippen MR) is 125 cm³/mol. The normalized spacial score (nSPS) is 23.8. The molecule has 1 saturated heterocycles. The molecular formula is C23H31N5O4S. The SMILES string of the molecule is COC1CC(N2CCCN2)CCC1S(=O)(=O)c1ccc(NC(=O)NCc2cccnc2)cc1. The molecule has 0 spiro atoms. The molecule has 2 aliphatic rings. The number of amides is 2. The number of sulfone groups is 1. The molecule has 2 heterocycles. The molecule has 3 N–H and O–H groups in total. The summed E-state index contributed by atoms with van der Waals surface area (Å²) in [6.45, 7) is 2.31. The Morgan fingerprint density at radius 2 is 2.06 bits per heavy atom. The maximum atomic E-state index is 13.4. The number of nitrogens with one attached hydrogen (secondary N) is 3. The molecule has 0 radical (unpaired) electrons. The fourth-order valence-electron chi connectivity index (χ4n) is 4.59. The molecule has 4 rings (SSSR count). The summed E-state index contributed by atoms with van der Waals surface area (Å²) in [5, 5.41) is 7.13. The lowest BCUT2D eigenvalue weighted by Gasteiger charge is -2.38. The maximum absolute atomic E-state index is 13.4. The predicted octanol–water partition coefficient (Wildman–Crippen LogP) is 2.32. The summed E-state index contributed by atoms with van der Waals surface area (Å²) in [6, 6.07) is 9.91. The number of carbonyl (C=O) groups excluding carboxylic acids is 1. The van der Waals surface area contributed by atoms with E-state index in [1.54, 1.807) is 49.8 Å². The summed E-state index contributed by atoms with van der Waals surface area (Å²) >= 11 is 0. The first-order chi connectivity index (χ1) is 16.0. The highest BCUT2D eigenvalue weighted by Crippen LogP contribution is 2.33. The van der Waals surface area contributed by atoms with Gasteiger partial charge in [-0.3, -0.25) is 10.4 Å². The van der Waals surface area contributed by atoms with Crippen LogP contribution in [0.15, 0.2) is 53.7 Å². The number of hydrogen-bond donors (Lipinski definition) is 3. The van der Waals surface area contributed by atoms with Crippen molar-refractivity contribution in [2.75, 3.05) is 25.5 Å². The minimum atomic E-state index is -3.56. The molecular weight excluding hydrogens is 442 g/mol. The van der Waals surface area contributed by atoms with Crippen LogP contribution < -0.4 is 16.1 Å². The van der Waals surface area contributed by atoms with E-state index >= 15 is 0 Å². The van der Waals surface area contributed by atoms with Gasteiger partial charge in [0.15, 0.2) is 9.84 Å². The van der Waals surface area contributed by atoms with Crippen molar-refractivity contribution in [3.05, 3.63) is 54.4 Å². The Kier molecular flexibility index (Phi) is 7.59. The molecule has 1 saturated carbocycles. The standard InChI is InChI=1S/C23H31N5O4S/c1-32-21-14-19(28-13-3-12-26-28)7-10-22(21)33(30,31)20-8-5-18(6-9-20)27-23(29)25-16-17-4-2-11-24-15-17/h2,4-6,8-9,11,15,19,21-22,26H,3,7,10,12-14,16H2,1H3,(H2,25,27,29). The molecule has 1 aliphatic carbocycles. The molecule has 2 aromatic rings. The summed E-state index contributed by atoms with van der Waals surface area (Å²) in [7, 11) is -1.97. The highest BCUT2D eigenvalue weighted by molar-refractivity contribution is 7.92. The Morgan fingerprint density at radius 3 is 2.73 bits per heavy atom. The fourth-order valence-corrected chi connectivity index (χ4v) is 6.53. The zero-order chi connectivity index (χ0) is 23.3. The van der Waals surface area contributed by atoms with Crippen LogP contribution in [-0.2, 0) is 21.1 Å². The number of urea groups is 1. The molecule has 0 bridgehead atoms. The van der Waals surface area contributed by atoms with Gasteiger partial charge in [0, 0.05) is 50.9 Å². The van der Waals surface area contributed by atoms with E-state index < -0.39 is 15.1 Å². The number of methoxy groups -OCH3 is 1. The third-order valence-corrected chi connectivity index (χ3v) is 8.62. The summed E-state index contributed by atoms with van der Waals surface area (Å²) in [6.07, 6.45) is 6.16. The molecule has 33 heavy (non-hydrogen) atoms. The van der Waals surface area contributed by atoms with Gasteiger partial charge in [-0.15, -0.1) is 0 Å². The molecule has 3 unspecified atom stereocenters. The van der Waals surface area contributed by atoms with Gasteiger partial charge < -0.3 is 15.4 Å². The number of carbonyl (C=O) groups is 1. The van der Waals surface area contributed by atoms with E-state index in [2.05, 4.69) is 26.1 Å². The lowest BCUT2D eigenvalue weighted by atomic mass is 9.92. The van der Waals surface area contributed by atoms with Crippen LogP contribution in [0.3, 0.4) is 0 Å². The van der Waals surface area contributed by atoms with E-state index in [1.807, 2.05) is 6.07 Å². The number of pyridine rings is 1. The number of ether oxygens (including phenoxy) is 1. The second-order valence-electron chi connectivity index (χ2n) is 8.47. The number of aromatic nitrogens is 1. The lowest BCUT2D eigenvalue weighted by Crippen LogP contribution is -2.50. The fraction of sp³-hybridized carbons (Fsp3) is 0.478. The molecule has 3 atom stereocenters. The quantitative estimate of drug-likeness (QED) is 0.566. The van der Waals surface area contributed by atoms with Gasteiger partial charge in [0.2, 0.25) is 0 Å². The Morgan fingerprint density at radius 1 is 1.24 bits per heavy atom. The Balaban J connectivity index is 1.36. The number of anilines is 1. The van der Waals surface area contributed by atoms with Crippen LogP contribution in [0.4, 0.5) is 10.5 Å². The molecule has 178 valence electrons. The van der Waals surface area contributed by atoms with Crippen LogP contribution in [0, 0.1) is 0 Å². The molecule has 10 heteroatoms. The van der Waals surface area contributed by atoms with E-state index in [-0.39, 0.29) is 17.0 Å². The van der Waals surface area contributed by atoms with Gasteiger partial charge in [-0.1, -0.05) is 6.07 Å². The van der Waals surface area contributed by atoms with Crippen molar-refractivity contribution >= 4 is 21.6 Å². The van der Waals surface area contributed by atoms with E-state index in [0.29, 0.717) is 31.1 Å². The van der Waals surface area contributed by atoms with Crippen LogP contribution in [0.2, 0.25) is 0 Å². The summed E-state index contributed by atoms with van der Waals surface area (Å²) < 4.78 is 32.4. The zero-order valence-corrected chi connectivity index (χ0v) is 19.6. The topological polar surface area (TPSA) is 113 Å². The first-order valence-corrected chi connectivity index (χ1v) is 12.8. The van der Waals surface area contributed by atoms with Crippen LogP contribution in [0.5, 0.6) is 0 Å². The van der Waals surface area contributed by atoms with Crippen LogP contribution in [0.25, 0.3) is 0 Å². The first-order valence-electron chi connectivity index (χ1n) is 11.3. The van der Waals surface area contributed by atoms with Crippen molar-refractivity contribution in [2.45, 2.75) is 54.5 Å². The molecule has 2 amide bonds. The monoisotopic (exact) mass is 473 g/mol. The summed E-state index contributed by atoms with van der Waals surface area (Å²) in [5.74, 6) is 0. The molecule has 9 nitrogen and oxygen atoms in total. The average Bonchev–Trinajstić information content (AvgIpc) is 3.38. The van der Waals surface area contributed by atoms with E-state index in [4.69, 9.17) is 4.74 Å².